The molecule has 0 bridgehead atoms. The Morgan fingerprint density at radius 1 is 1.57 bits per heavy atom. The third-order valence-corrected chi connectivity index (χ3v) is 4.18. The molecule has 2 rings (SSSR count). The van der Waals surface area contributed by atoms with E-state index < -0.39 is 29.1 Å². The lowest BCUT2D eigenvalue weighted by atomic mass is 9.96. The fraction of sp³-hybridized carbons (Fsp3) is 0.667. The van der Waals surface area contributed by atoms with Gasteiger partial charge in [0.25, 0.3) is 5.56 Å². The van der Waals surface area contributed by atoms with Gasteiger partial charge in [-0.2, -0.15) is 0 Å². The third kappa shape index (κ3) is 3.37. The normalized spacial score (nSPS) is 29.0. The van der Waals surface area contributed by atoms with Crippen LogP contribution in [0.2, 0.25) is 0 Å². The molecule has 1 aromatic heterocycles. The minimum atomic E-state index is -1.37. The van der Waals surface area contributed by atoms with Crippen molar-refractivity contribution in [3.63, 3.8) is 0 Å². The summed E-state index contributed by atoms with van der Waals surface area (Å²) in [5, 5.41) is 10.7. The summed E-state index contributed by atoms with van der Waals surface area (Å²) in [5.74, 6) is 0. The van der Waals surface area contributed by atoms with Gasteiger partial charge >= 0.3 is 5.69 Å². The van der Waals surface area contributed by atoms with Crippen LogP contribution in [0, 0.1) is 3.57 Å². The first-order chi connectivity index (χ1) is 9.91. The van der Waals surface area contributed by atoms with Crippen LogP contribution in [0.25, 0.3) is 0 Å². The van der Waals surface area contributed by atoms with Crippen molar-refractivity contribution in [2.75, 3.05) is 27.4 Å². The van der Waals surface area contributed by atoms with Crippen molar-refractivity contribution in [3.8, 4) is 0 Å². The zero-order chi connectivity index (χ0) is 15.6. The summed E-state index contributed by atoms with van der Waals surface area (Å²) in [6.07, 6.45) is 0.354. The Morgan fingerprint density at radius 2 is 2.29 bits per heavy atom. The van der Waals surface area contributed by atoms with Gasteiger partial charge in [0.05, 0.1) is 23.3 Å². The predicted molar refractivity (Wildman–Crippen MR) is 81.4 cm³/mol. The second-order valence-electron chi connectivity index (χ2n) is 4.93. The second-order valence-corrected chi connectivity index (χ2v) is 6.09. The highest BCUT2D eigenvalue weighted by Crippen LogP contribution is 2.28. The Kier molecular flexibility index (Phi) is 5.20. The molecule has 3 atom stereocenters. The molecule has 21 heavy (non-hydrogen) atoms. The molecular weight excluding hydrogens is 395 g/mol. The van der Waals surface area contributed by atoms with E-state index in [1.807, 2.05) is 22.6 Å². The van der Waals surface area contributed by atoms with Crippen LogP contribution in [0.4, 0.5) is 0 Å². The van der Waals surface area contributed by atoms with Gasteiger partial charge in [0, 0.05) is 20.4 Å². The molecule has 2 heterocycles. The van der Waals surface area contributed by atoms with Crippen molar-refractivity contribution in [2.24, 2.45) is 0 Å². The maximum atomic E-state index is 11.8. The summed E-state index contributed by atoms with van der Waals surface area (Å²) < 4.78 is 17.4. The van der Waals surface area contributed by atoms with E-state index in [2.05, 4.69) is 4.98 Å². The fourth-order valence-corrected chi connectivity index (χ4v) is 2.94. The zero-order valence-electron chi connectivity index (χ0n) is 11.7. The van der Waals surface area contributed by atoms with Gasteiger partial charge < -0.3 is 19.3 Å². The Labute approximate surface area is 134 Å². The molecule has 1 aliphatic rings. The number of ether oxygens (including phenoxy) is 3. The van der Waals surface area contributed by atoms with E-state index in [0.29, 0.717) is 3.57 Å². The molecule has 0 spiro atoms. The Balaban J connectivity index is 2.27. The average Bonchev–Trinajstić information content (AvgIpc) is 2.73. The molecule has 0 radical (unpaired) electrons. The molecule has 1 aliphatic heterocycles. The van der Waals surface area contributed by atoms with Gasteiger partial charge in [-0.05, 0) is 22.6 Å². The van der Waals surface area contributed by atoms with Crippen LogP contribution in [0.3, 0.4) is 0 Å². The minimum Gasteiger partial charge on any atom is -0.383 e. The molecule has 1 saturated heterocycles. The maximum absolute atomic E-state index is 11.8. The lowest BCUT2D eigenvalue weighted by molar-refractivity contribution is -0.0877. The van der Waals surface area contributed by atoms with Crippen LogP contribution in [-0.2, 0) is 20.8 Å². The Hall–Kier alpha value is -0.750. The summed E-state index contributed by atoms with van der Waals surface area (Å²) in [4.78, 5) is 25.4. The Bertz CT molecular complexity index is 615. The van der Waals surface area contributed by atoms with Crippen LogP contribution in [0.15, 0.2) is 15.8 Å². The first kappa shape index (κ1) is 16.6. The SMILES string of the molecule is COC[C@H]1OCC(O)(Cn2cc(I)c(=O)[nH]c2=O)C1OC. The first-order valence-corrected chi connectivity index (χ1v) is 7.34. The van der Waals surface area contributed by atoms with Crippen LogP contribution in [0.1, 0.15) is 0 Å². The topological polar surface area (TPSA) is 103 Å². The number of nitrogens with one attached hydrogen (secondary N) is 1. The van der Waals surface area contributed by atoms with E-state index in [4.69, 9.17) is 14.2 Å². The van der Waals surface area contributed by atoms with Crippen LogP contribution in [0.5, 0.6) is 0 Å². The van der Waals surface area contributed by atoms with Crippen molar-refractivity contribution in [1.82, 2.24) is 9.55 Å². The summed E-state index contributed by atoms with van der Waals surface area (Å²) in [7, 11) is 2.99. The highest BCUT2D eigenvalue weighted by atomic mass is 127. The molecule has 0 aromatic carbocycles. The lowest BCUT2D eigenvalue weighted by Crippen LogP contribution is -2.51. The summed E-state index contributed by atoms with van der Waals surface area (Å²) in [6.45, 7) is 0.248. The van der Waals surface area contributed by atoms with Crippen molar-refractivity contribution in [2.45, 2.75) is 24.4 Å². The van der Waals surface area contributed by atoms with Crippen LogP contribution < -0.4 is 11.2 Å². The zero-order valence-corrected chi connectivity index (χ0v) is 13.8. The molecule has 1 aromatic rings. The smallest absolute Gasteiger partial charge is 0.328 e. The van der Waals surface area contributed by atoms with E-state index >= 15 is 0 Å². The van der Waals surface area contributed by atoms with Gasteiger partial charge in [-0.1, -0.05) is 0 Å². The number of H-pyrrole nitrogens is 1. The molecule has 9 heteroatoms. The Morgan fingerprint density at radius 3 is 2.90 bits per heavy atom. The van der Waals surface area contributed by atoms with Crippen molar-refractivity contribution in [1.29, 1.82) is 0 Å². The molecule has 8 nitrogen and oxygen atoms in total. The fourth-order valence-electron chi connectivity index (χ4n) is 2.47. The van der Waals surface area contributed by atoms with Crippen LogP contribution >= 0.6 is 22.6 Å². The highest BCUT2D eigenvalue weighted by Gasteiger charge is 2.49. The largest absolute Gasteiger partial charge is 0.383 e. The third-order valence-electron chi connectivity index (χ3n) is 3.41. The minimum absolute atomic E-state index is 0.0156. The number of aromatic amines is 1. The molecule has 118 valence electrons. The van der Waals surface area contributed by atoms with Gasteiger partial charge in [-0.25, -0.2) is 4.79 Å². The molecule has 1 fully saturated rings. The number of aliphatic hydroxyl groups is 1. The number of hydrogen-bond acceptors (Lipinski definition) is 6. The van der Waals surface area contributed by atoms with Gasteiger partial charge in [0.2, 0.25) is 0 Å². The number of aromatic nitrogens is 2. The van der Waals surface area contributed by atoms with Gasteiger partial charge in [0.1, 0.15) is 17.8 Å². The highest BCUT2D eigenvalue weighted by molar-refractivity contribution is 14.1. The molecule has 2 N–H and O–H groups in total. The molecule has 2 unspecified atom stereocenters. The predicted octanol–water partition coefficient (Wildman–Crippen LogP) is -1.07. The second kappa shape index (κ2) is 6.57. The van der Waals surface area contributed by atoms with E-state index in [9.17, 15) is 14.7 Å². The maximum Gasteiger partial charge on any atom is 0.328 e. The quantitative estimate of drug-likeness (QED) is 0.598. The molecule has 0 saturated carbocycles. The molecule has 0 aliphatic carbocycles. The first-order valence-electron chi connectivity index (χ1n) is 6.26. The summed E-state index contributed by atoms with van der Waals surface area (Å²) in [6, 6.07) is 0. The van der Waals surface area contributed by atoms with Gasteiger partial charge in [0.15, 0.2) is 0 Å². The number of rotatable bonds is 5. The molecule has 0 amide bonds. The van der Waals surface area contributed by atoms with Crippen molar-refractivity contribution in [3.05, 3.63) is 30.6 Å². The summed E-state index contributed by atoms with van der Waals surface area (Å²) >= 11 is 1.82. The average molecular weight is 412 g/mol. The summed E-state index contributed by atoms with van der Waals surface area (Å²) in [5.41, 5.74) is -2.41. The van der Waals surface area contributed by atoms with Gasteiger partial charge in [-0.3, -0.25) is 14.3 Å². The number of nitrogens with zero attached hydrogens (tertiary/aromatic N) is 1. The lowest BCUT2D eigenvalue weighted by Gasteiger charge is -2.29. The number of hydrogen-bond donors (Lipinski definition) is 2. The number of halogens is 1. The van der Waals surface area contributed by atoms with Crippen molar-refractivity contribution < 1.29 is 19.3 Å². The van der Waals surface area contributed by atoms with E-state index in [1.54, 1.807) is 0 Å². The van der Waals surface area contributed by atoms with E-state index in [-0.39, 0.29) is 19.8 Å². The molecular formula is C12H17IN2O6. The van der Waals surface area contributed by atoms with Gasteiger partial charge in [-0.15, -0.1) is 0 Å². The standard InChI is InChI=1S/C12H17IN2O6/c1-19-4-8-9(20-2)12(18,6-21-8)5-15-3-7(13)10(16)14-11(15)17/h3,8-9,18H,4-6H2,1-2H3,(H,14,16,17)/t8-,9?,12?/m1/s1. The number of methoxy groups -OCH3 is 2. The van der Waals surface area contributed by atoms with E-state index in [1.165, 1.54) is 25.0 Å². The van der Waals surface area contributed by atoms with E-state index in [0.717, 1.165) is 0 Å². The monoisotopic (exact) mass is 412 g/mol. The van der Waals surface area contributed by atoms with Crippen LogP contribution in [-0.4, -0.2) is 59.9 Å². The van der Waals surface area contributed by atoms with Crippen molar-refractivity contribution >= 4 is 22.6 Å².